The molecular weight excluding hydrogens is 256 g/mol. The van der Waals surface area contributed by atoms with Gasteiger partial charge in [-0.05, 0) is 49.8 Å². The molecule has 0 bridgehead atoms. The fourth-order valence-corrected chi connectivity index (χ4v) is 3.37. The molecule has 118 valence electrons. The van der Waals surface area contributed by atoms with E-state index in [-0.39, 0.29) is 5.41 Å². The van der Waals surface area contributed by atoms with Crippen molar-refractivity contribution in [3.8, 4) is 0 Å². The second kappa shape index (κ2) is 7.42. The maximum Gasteiger partial charge on any atom is 0.0384 e. The molecule has 1 aromatic carbocycles. The largest absolute Gasteiger partial charge is 0.309 e. The SMILES string of the molecule is CCCNC(c1ccccc1)C(C)(C)CN(C)CC1CC1. The van der Waals surface area contributed by atoms with Crippen LogP contribution in [0.3, 0.4) is 0 Å². The molecule has 2 rings (SSSR count). The quantitative estimate of drug-likeness (QED) is 0.736. The first-order valence-corrected chi connectivity index (χ1v) is 8.50. The summed E-state index contributed by atoms with van der Waals surface area (Å²) in [6, 6.07) is 11.3. The average molecular weight is 288 g/mol. The van der Waals surface area contributed by atoms with Gasteiger partial charge in [0.05, 0.1) is 0 Å². The van der Waals surface area contributed by atoms with Gasteiger partial charge in [0.1, 0.15) is 0 Å². The van der Waals surface area contributed by atoms with Gasteiger partial charge in [-0.3, -0.25) is 0 Å². The Morgan fingerprint density at radius 1 is 1.24 bits per heavy atom. The fraction of sp³-hybridized carbons (Fsp3) is 0.684. The third-order valence-corrected chi connectivity index (χ3v) is 4.46. The Morgan fingerprint density at radius 2 is 1.90 bits per heavy atom. The molecule has 0 aliphatic heterocycles. The zero-order valence-corrected chi connectivity index (χ0v) is 14.2. The van der Waals surface area contributed by atoms with Crippen LogP contribution in [-0.4, -0.2) is 31.6 Å². The molecule has 1 unspecified atom stereocenters. The molecule has 1 saturated carbocycles. The van der Waals surface area contributed by atoms with Crippen molar-refractivity contribution in [2.45, 2.75) is 46.1 Å². The lowest BCUT2D eigenvalue weighted by Crippen LogP contribution is -2.42. The van der Waals surface area contributed by atoms with Gasteiger partial charge < -0.3 is 10.2 Å². The van der Waals surface area contributed by atoms with E-state index in [1.54, 1.807) is 0 Å². The molecule has 1 aliphatic carbocycles. The molecule has 1 aromatic rings. The Kier molecular flexibility index (Phi) is 5.83. The maximum atomic E-state index is 3.77. The molecule has 0 saturated heterocycles. The smallest absolute Gasteiger partial charge is 0.0384 e. The van der Waals surface area contributed by atoms with Gasteiger partial charge in [-0.15, -0.1) is 0 Å². The van der Waals surface area contributed by atoms with Crippen molar-refractivity contribution >= 4 is 0 Å². The van der Waals surface area contributed by atoms with E-state index >= 15 is 0 Å². The van der Waals surface area contributed by atoms with E-state index in [0.717, 1.165) is 19.0 Å². The van der Waals surface area contributed by atoms with Gasteiger partial charge in [0.15, 0.2) is 0 Å². The number of benzene rings is 1. The average Bonchev–Trinajstić information content (AvgIpc) is 3.23. The first kappa shape index (κ1) is 16.5. The summed E-state index contributed by atoms with van der Waals surface area (Å²) in [5, 5.41) is 3.77. The Bertz CT molecular complexity index is 409. The summed E-state index contributed by atoms with van der Waals surface area (Å²) in [4.78, 5) is 2.53. The third kappa shape index (κ3) is 5.12. The molecule has 1 fully saturated rings. The van der Waals surface area contributed by atoms with Crippen LogP contribution >= 0.6 is 0 Å². The lowest BCUT2D eigenvalue weighted by molar-refractivity contribution is 0.153. The zero-order valence-electron chi connectivity index (χ0n) is 14.2. The summed E-state index contributed by atoms with van der Waals surface area (Å²) in [5.74, 6) is 0.963. The highest BCUT2D eigenvalue weighted by molar-refractivity contribution is 5.21. The Morgan fingerprint density at radius 3 is 2.48 bits per heavy atom. The predicted octanol–water partition coefficient (Wildman–Crippen LogP) is 4.10. The highest BCUT2D eigenvalue weighted by Crippen LogP contribution is 2.35. The van der Waals surface area contributed by atoms with Gasteiger partial charge in [-0.1, -0.05) is 51.1 Å². The summed E-state index contributed by atoms with van der Waals surface area (Å²) in [6.45, 7) is 10.5. The highest BCUT2D eigenvalue weighted by atomic mass is 15.1. The molecule has 0 heterocycles. The molecule has 1 aliphatic rings. The van der Waals surface area contributed by atoms with Gasteiger partial charge >= 0.3 is 0 Å². The minimum atomic E-state index is 0.222. The van der Waals surface area contributed by atoms with Crippen molar-refractivity contribution < 1.29 is 0 Å². The number of rotatable bonds is 9. The minimum absolute atomic E-state index is 0.222. The molecule has 1 atom stereocenters. The van der Waals surface area contributed by atoms with Crippen molar-refractivity contribution in [3.63, 3.8) is 0 Å². The van der Waals surface area contributed by atoms with Gasteiger partial charge in [-0.2, -0.15) is 0 Å². The molecule has 21 heavy (non-hydrogen) atoms. The minimum Gasteiger partial charge on any atom is -0.309 e. The summed E-state index contributed by atoms with van der Waals surface area (Å²) in [5.41, 5.74) is 1.64. The van der Waals surface area contributed by atoms with Crippen molar-refractivity contribution in [3.05, 3.63) is 35.9 Å². The molecule has 0 amide bonds. The third-order valence-electron chi connectivity index (χ3n) is 4.46. The van der Waals surface area contributed by atoms with Crippen molar-refractivity contribution in [2.75, 3.05) is 26.7 Å². The second-order valence-corrected chi connectivity index (χ2v) is 7.43. The molecule has 2 nitrogen and oxygen atoms in total. The highest BCUT2D eigenvalue weighted by Gasteiger charge is 2.33. The Labute approximate surface area is 130 Å². The molecule has 1 N–H and O–H groups in total. The molecule has 0 spiro atoms. The topological polar surface area (TPSA) is 15.3 Å². The van der Waals surface area contributed by atoms with Crippen LogP contribution < -0.4 is 5.32 Å². The number of hydrogen-bond donors (Lipinski definition) is 1. The Hall–Kier alpha value is -0.860. The van der Waals surface area contributed by atoms with Gasteiger partial charge in [0, 0.05) is 19.1 Å². The van der Waals surface area contributed by atoms with Crippen molar-refractivity contribution in [1.82, 2.24) is 10.2 Å². The van der Waals surface area contributed by atoms with Crippen molar-refractivity contribution in [2.24, 2.45) is 11.3 Å². The molecular formula is C19H32N2. The van der Waals surface area contributed by atoms with Crippen LogP contribution in [0.1, 0.15) is 51.6 Å². The van der Waals surface area contributed by atoms with Gasteiger partial charge in [-0.25, -0.2) is 0 Å². The monoisotopic (exact) mass is 288 g/mol. The van der Waals surface area contributed by atoms with Gasteiger partial charge in [0.2, 0.25) is 0 Å². The van der Waals surface area contributed by atoms with Crippen LogP contribution in [0.15, 0.2) is 30.3 Å². The van der Waals surface area contributed by atoms with Crippen LogP contribution in [0.4, 0.5) is 0 Å². The summed E-state index contributed by atoms with van der Waals surface area (Å²) >= 11 is 0. The van der Waals surface area contributed by atoms with Crippen LogP contribution in [0, 0.1) is 11.3 Å². The van der Waals surface area contributed by atoms with E-state index in [1.807, 2.05) is 0 Å². The van der Waals surface area contributed by atoms with Crippen molar-refractivity contribution in [1.29, 1.82) is 0 Å². The predicted molar refractivity (Wildman–Crippen MR) is 91.5 cm³/mol. The summed E-state index contributed by atoms with van der Waals surface area (Å²) in [7, 11) is 2.28. The maximum absolute atomic E-state index is 3.77. The van der Waals surface area contributed by atoms with E-state index < -0.39 is 0 Å². The van der Waals surface area contributed by atoms with E-state index in [2.05, 4.69) is 68.4 Å². The van der Waals surface area contributed by atoms with E-state index in [4.69, 9.17) is 0 Å². The standard InChI is InChI=1S/C19H32N2/c1-5-13-20-18(17-9-7-6-8-10-17)19(2,3)15-21(4)14-16-11-12-16/h6-10,16,18,20H,5,11-15H2,1-4H3. The van der Waals surface area contributed by atoms with Crippen LogP contribution in [0.25, 0.3) is 0 Å². The fourth-order valence-electron chi connectivity index (χ4n) is 3.37. The second-order valence-electron chi connectivity index (χ2n) is 7.43. The molecule has 0 radical (unpaired) electrons. The molecule has 0 aromatic heterocycles. The first-order valence-electron chi connectivity index (χ1n) is 8.50. The Balaban J connectivity index is 2.05. The first-order chi connectivity index (χ1) is 10.0. The zero-order chi connectivity index (χ0) is 15.3. The number of nitrogens with one attached hydrogen (secondary N) is 1. The van der Waals surface area contributed by atoms with Crippen LogP contribution in [-0.2, 0) is 0 Å². The number of nitrogens with zero attached hydrogens (tertiary/aromatic N) is 1. The lowest BCUT2D eigenvalue weighted by atomic mass is 9.79. The van der Waals surface area contributed by atoms with E-state index in [9.17, 15) is 0 Å². The van der Waals surface area contributed by atoms with Gasteiger partial charge in [0.25, 0.3) is 0 Å². The molecule has 2 heteroatoms. The van der Waals surface area contributed by atoms with E-state index in [1.165, 1.54) is 31.4 Å². The normalized spacial score (nSPS) is 17.2. The number of hydrogen-bond acceptors (Lipinski definition) is 2. The lowest BCUT2D eigenvalue weighted by Gasteiger charge is -2.38. The van der Waals surface area contributed by atoms with E-state index in [0.29, 0.717) is 6.04 Å². The van der Waals surface area contributed by atoms with Crippen LogP contribution in [0.2, 0.25) is 0 Å². The summed E-state index contributed by atoms with van der Waals surface area (Å²) in [6.07, 6.45) is 4.04. The van der Waals surface area contributed by atoms with Crippen LogP contribution in [0.5, 0.6) is 0 Å². The summed E-state index contributed by atoms with van der Waals surface area (Å²) < 4.78 is 0.